The number of nitrogens with one attached hydrogen (secondary N) is 1. The quantitative estimate of drug-likeness (QED) is 0.301. The van der Waals surface area contributed by atoms with Crippen LogP contribution >= 0.6 is 15.9 Å². The van der Waals surface area contributed by atoms with Gasteiger partial charge in [0.15, 0.2) is 0 Å². The van der Waals surface area contributed by atoms with Gasteiger partial charge < -0.3 is 11.1 Å². The summed E-state index contributed by atoms with van der Waals surface area (Å²) in [6.45, 7) is 1.64. The molecule has 2 heterocycles. The summed E-state index contributed by atoms with van der Waals surface area (Å²) in [5, 5.41) is 7.14. The molecule has 0 saturated carbocycles. The zero-order valence-electron chi connectivity index (χ0n) is 20.2. The topological polar surface area (TPSA) is 103 Å². The molecule has 2 aromatic heterocycles. The fraction of sp³-hybridized carbons (Fsp3) is 0.143. The van der Waals surface area contributed by atoms with Crippen molar-refractivity contribution >= 4 is 27.7 Å². The fourth-order valence-electron chi connectivity index (χ4n) is 4.17. The summed E-state index contributed by atoms with van der Waals surface area (Å²) in [5.74, 6) is -0.0290. The second-order valence-corrected chi connectivity index (χ2v) is 9.48. The summed E-state index contributed by atoms with van der Waals surface area (Å²) in [4.78, 5) is 29.4. The molecule has 1 unspecified atom stereocenters. The third-order valence-electron chi connectivity index (χ3n) is 5.75. The Morgan fingerprint density at radius 3 is 2.68 bits per heavy atom. The van der Waals surface area contributed by atoms with Gasteiger partial charge in [-0.3, -0.25) is 19.3 Å². The molecule has 7 nitrogen and oxygen atoms in total. The second-order valence-electron chi connectivity index (χ2n) is 8.62. The minimum atomic E-state index is -0.911. The van der Waals surface area contributed by atoms with Gasteiger partial charge in [0, 0.05) is 18.0 Å². The molecular weight excluding hydrogens is 556 g/mol. The summed E-state index contributed by atoms with van der Waals surface area (Å²) in [7, 11) is 0. The number of primary amides is 1. The third kappa shape index (κ3) is 6.12. The number of aromatic nitrogens is 3. The van der Waals surface area contributed by atoms with Gasteiger partial charge in [-0.25, -0.2) is 8.78 Å². The van der Waals surface area contributed by atoms with Crippen LogP contribution in [-0.2, 0) is 17.8 Å². The first kappa shape index (κ1) is 26.7. The third-order valence-corrected chi connectivity index (χ3v) is 6.33. The summed E-state index contributed by atoms with van der Waals surface area (Å²) in [5.41, 5.74) is 8.25. The predicted molar refractivity (Wildman–Crippen MR) is 142 cm³/mol. The number of hydrogen-bond donors (Lipinski definition) is 2. The number of pyridine rings is 1. The van der Waals surface area contributed by atoms with Gasteiger partial charge in [-0.1, -0.05) is 18.2 Å². The normalized spacial score (nSPS) is 11.6. The largest absolute Gasteiger partial charge is 0.366 e. The van der Waals surface area contributed by atoms with Crippen LogP contribution in [0.4, 0.5) is 8.78 Å². The van der Waals surface area contributed by atoms with Crippen LogP contribution in [0, 0.1) is 30.9 Å². The Morgan fingerprint density at radius 1 is 1.21 bits per heavy atom. The Bertz CT molecular complexity index is 1560. The van der Waals surface area contributed by atoms with Crippen LogP contribution in [0.25, 0.3) is 11.1 Å². The van der Waals surface area contributed by atoms with E-state index in [1.165, 1.54) is 28.9 Å². The fourth-order valence-corrected chi connectivity index (χ4v) is 4.60. The molecule has 2 aromatic carbocycles. The second kappa shape index (κ2) is 11.4. The summed E-state index contributed by atoms with van der Waals surface area (Å²) < 4.78 is 30.3. The average Bonchev–Trinajstić information content (AvgIpc) is 3.21. The Kier molecular flexibility index (Phi) is 7.98. The van der Waals surface area contributed by atoms with Gasteiger partial charge in [-0.05, 0) is 82.2 Å². The zero-order valence-corrected chi connectivity index (χ0v) is 21.8. The molecule has 4 aromatic rings. The standard InChI is InChI=1S/C28H22BrF2N5O2/c1-3-24-22(29)14-36(35-24)15-26(37)34-25(12-17-9-16(2)10-19(30)11-17)27-20(5-4-8-33-27)18-6-7-23(31)21(13-18)28(32)38/h1,4-11,13-14,25H,12,15H2,2H3,(H2,32,38)(H,34,37). The van der Waals surface area contributed by atoms with Gasteiger partial charge in [0.1, 0.15) is 23.9 Å². The lowest BCUT2D eigenvalue weighted by atomic mass is 9.94. The molecule has 192 valence electrons. The number of aryl methyl sites for hydroxylation is 1. The van der Waals surface area contributed by atoms with Crippen LogP contribution in [0.2, 0.25) is 0 Å². The van der Waals surface area contributed by atoms with Crippen LogP contribution in [0.5, 0.6) is 0 Å². The van der Waals surface area contributed by atoms with Crippen molar-refractivity contribution in [3.8, 4) is 23.5 Å². The first-order valence-corrected chi connectivity index (χ1v) is 12.2. The van der Waals surface area contributed by atoms with Crippen LogP contribution in [0.3, 0.4) is 0 Å². The predicted octanol–water partition coefficient (Wildman–Crippen LogP) is 4.47. The van der Waals surface area contributed by atoms with Crippen molar-refractivity contribution < 1.29 is 18.4 Å². The van der Waals surface area contributed by atoms with Gasteiger partial charge in [0.2, 0.25) is 5.91 Å². The number of nitrogens with zero attached hydrogens (tertiary/aromatic N) is 3. The molecule has 0 bridgehead atoms. The van der Waals surface area contributed by atoms with Gasteiger partial charge in [0.05, 0.1) is 21.8 Å². The van der Waals surface area contributed by atoms with Crippen LogP contribution in [0.1, 0.15) is 38.9 Å². The molecule has 0 aliphatic rings. The van der Waals surface area contributed by atoms with Crippen molar-refractivity contribution in [3.63, 3.8) is 0 Å². The highest BCUT2D eigenvalue weighted by atomic mass is 79.9. The van der Waals surface area contributed by atoms with Gasteiger partial charge in [0.25, 0.3) is 5.91 Å². The first-order chi connectivity index (χ1) is 18.1. The van der Waals surface area contributed by atoms with Crippen molar-refractivity contribution in [3.05, 3.63) is 105 Å². The lowest BCUT2D eigenvalue weighted by Crippen LogP contribution is -2.33. The van der Waals surface area contributed by atoms with E-state index in [9.17, 15) is 18.4 Å². The Morgan fingerprint density at radius 2 is 2.00 bits per heavy atom. The molecule has 0 fully saturated rings. The summed E-state index contributed by atoms with van der Waals surface area (Å²) in [6, 6.07) is 11.3. The molecule has 0 radical (unpaired) electrons. The van der Waals surface area contributed by atoms with Crippen LogP contribution < -0.4 is 11.1 Å². The van der Waals surface area contributed by atoms with E-state index in [2.05, 4.69) is 37.2 Å². The Balaban J connectivity index is 1.73. The molecule has 3 N–H and O–H groups in total. The molecule has 0 aliphatic heterocycles. The molecule has 0 spiro atoms. The Hall–Kier alpha value is -4.36. The van der Waals surface area contributed by atoms with Crippen molar-refractivity contribution in [2.45, 2.75) is 25.9 Å². The van der Waals surface area contributed by atoms with Crippen LogP contribution in [-0.4, -0.2) is 26.6 Å². The minimum absolute atomic E-state index is 0.135. The van der Waals surface area contributed by atoms with E-state index in [4.69, 9.17) is 12.2 Å². The lowest BCUT2D eigenvalue weighted by molar-refractivity contribution is -0.122. The van der Waals surface area contributed by atoms with E-state index in [0.29, 0.717) is 32.6 Å². The molecular formula is C28H22BrF2N5O2. The molecule has 10 heteroatoms. The minimum Gasteiger partial charge on any atom is -0.366 e. The number of carbonyl (C=O) groups is 2. The zero-order chi connectivity index (χ0) is 27.4. The van der Waals surface area contributed by atoms with Crippen molar-refractivity contribution in [1.82, 2.24) is 20.1 Å². The highest BCUT2D eigenvalue weighted by Crippen LogP contribution is 2.30. The Labute approximate surface area is 226 Å². The lowest BCUT2D eigenvalue weighted by Gasteiger charge is -2.22. The first-order valence-electron chi connectivity index (χ1n) is 11.4. The number of benzene rings is 2. The number of carbonyl (C=O) groups excluding carboxylic acids is 2. The summed E-state index contributed by atoms with van der Waals surface area (Å²) >= 11 is 3.31. The smallest absolute Gasteiger partial charge is 0.251 e. The van der Waals surface area contributed by atoms with E-state index in [0.717, 1.165) is 11.6 Å². The molecule has 2 amide bonds. The number of terminal acetylenes is 1. The maximum Gasteiger partial charge on any atom is 0.251 e. The van der Waals surface area contributed by atoms with Crippen molar-refractivity contribution in [2.75, 3.05) is 0 Å². The van der Waals surface area contributed by atoms with Gasteiger partial charge in [-0.2, -0.15) is 5.10 Å². The highest BCUT2D eigenvalue weighted by molar-refractivity contribution is 9.10. The van der Waals surface area contributed by atoms with E-state index < -0.39 is 29.5 Å². The van der Waals surface area contributed by atoms with E-state index in [1.807, 2.05) is 6.07 Å². The monoisotopic (exact) mass is 577 g/mol. The maximum atomic E-state index is 14.2. The summed E-state index contributed by atoms with van der Waals surface area (Å²) in [6.07, 6.45) is 8.78. The van der Waals surface area contributed by atoms with Crippen molar-refractivity contribution in [1.29, 1.82) is 0 Å². The SMILES string of the molecule is C#Cc1nn(CC(=O)NC(Cc2cc(C)cc(F)c2)c2ncccc2-c2ccc(F)c(C(N)=O)c2)cc1Br. The number of rotatable bonds is 8. The molecule has 4 rings (SSSR count). The number of nitrogens with two attached hydrogens (primary N) is 1. The van der Waals surface area contributed by atoms with Crippen LogP contribution in [0.15, 0.2) is 65.4 Å². The van der Waals surface area contributed by atoms with Crippen molar-refractivity contribution in [2.24, 2.45) is 5.73 Å². The molecule has 1 atom stereocenters. The number of halogens is 3. The highest BCUT2D eigenvalue weighted by Gasteiger charge is 2.23. The molecule has 0 aliphatic carbocycles. The van der Waals surface area contributed by atoms with E-state index in [1.54, 1.807) is 31.5 Å². The van der Waals surface area contributed by atoms with Gasteiger partial charge >= 0.3 is 0 Å². The molecule has 0 saturated heterocycles. The van der Waals surface area contributed by atoms with E-state index in [-0.39, 0.29) is 18.5 Å². The number of hydrogen-bond acceptors (Lipinski definition) is 4. The average molecular weight is 578 g/mol. The van der Waals surface area contributed by atoms with Gasteiger partial charge in [-0.15, -0.1) is 6.42 Å². The van der Waals surface area contributed by atoms with E-state index >= 15 is 0 Å². The maximum absolute atomic E-state index is 14.2. The number of amides is 2. The molecule has 38 heavy (non-hydrogen) atoms.